The monoisotopic (exact) mass is 896 g/mol. The van der Waals surface area contributed by atoms with Crippen molar-refractivity contribution in [3.05, 3.63) is 337 Å². The van der Waals surface area contributed by atoms with Crippen molar-refractivity contribution in [3.8, 4) is 11.1 Å². The van der Waals surface area contributed by atoms with Crippen molar-refractivity contribution in [2.24, 2.45) is 0 Å². The highest BCUT2D eigenvalue weighted by atomic mass is 15.1. The fourth-order valence-corrected chi connectivity index (χ4v) is 8.82. The van der Waals surface area contributed by atoms with Crippen LogP contribution in [0.2, 0.25) is 0 Å². The van der Waals surface area contributed by atoms with Gasteiger partial charge in [0.15, 0.2) is 0 Å². The van der Waals surface area contributed by atoms with Crippen LogP contribution >= 0.6 is 0 Å². The molecule has 0 bridgehead atoms. The molecular formula is C68H52N2. The Balaban J connectivity index is 0.870. The molecule has 0 N–H and O–H groups in total. The molecule has 0 aliphatic rings. The fourth-order valence-electron chi connectivity index (χ4n) is 8.82. The summed E-state index contributed by atoms with van der Waals surface area (Å²) in [4.78, 5) is 4.62. The molecule has 0 aliphatic carbocycles. The van der Waals surface area contributed by atoms with Crippen LogP contribution in [-0.2, 0) is 0 Å². The number of para-hydroxylation sites is 2. The summed E-state index contributed by atoms with van der Waals surface area (Å²) in [6.45, 7) is 0. The molecular weight excluding hydrogens is 845 g/mol. The Bertz CT molecular complexity index is 3010. The molecule has 2 heteroatoms. The maximum atomic E-state index is 2.31. The number of nitrogens with zero attached hydrogens (tertiary/aromatic N) is 2. The summed E-state index contributed by atoms with van der Waals surface area (Å²) >= 11 is 0. The molecule has 70 heavy (non-hydrogen) atoms. The van der Waals surface area contributed by atoms with Crippen LogP contribution in [0.15, 0.2) is 303 Å². The topological polar surface area (TPSA) is 6.48 Å². The Kier molecular flexibility index (Phi) is 14.0. The molecule has 0 aliphatic heterocycles. The van der Waals surface area contributed by atoms with Gasteiger partial charge in [0.05, 0.1) is 0 Å². The zero-order valence-electron chi connectivity index (χ0n) is 38.9. The van der Waals surface area contributed by atoms with Crippen LogP contribution in [-0.4, -0.2) is 0 Å². The van der Waals surface area contributed by atoms with Crippen molar-refractivity contribution in [1.82, 2.24) is 0 Å². The summed E-state index contributed by atoms with van der Waals surface area (Å²) in [6, 6.07) is 98.7. The molecule has 0 aromatic heterocycles. The van der Waals surface area contributed by atoms with Gasteiger partial charge >= 0.3 is 0 Å². The molecule has 0 saturated carbocycles. The van der Waals surface area contributed by atoms with Gasteiger partial charge in [-0.3, -0.25) is 0 Å². The summed E-state index contributed by atoms with van der Waals surface area (Å²) in [5, 5.41) is 0. The lowest BCUT2D eigenvalue weighted by Gasteiger charge is -2.26. The molecule has 0 saturated heterocycles. The molecule has 2 nitrogen and oxygen atoms in total. The predicted molar refractivity (Wildman–Crippen MR) is 299 cm³/mol. The second kappa shape index (κ2) is 22.0. The Morgan fingerprint density at radius 2 is 0.457 bits per heavy atom. The van der Waals surface area contributed by atoms with Crippen LogP contribution in [0.3, 0.4) is 0 Å². The number of rotatable bonds is 15. The lowest BCUT2D eigenvalue weighted by atomic mass is 9.97. The van der Waals surface area contributed by atoms with Gasteiger partial charge in [-0.05, 0) is 128 Å². The lowest BCUT2D eigenvalue weighted by Crippen LogP contribution is -2.10. The molecule has 334 valence electrons. The third kappa shape index (κ3) is 10.8. The van der Waals surface area contributed by atoms with E-state index in [1.165, 1.54) is 33.4 Å². The molecule has 0 amide bonds. The SMILES string of the molecule is C(=Cc1ccc(N(c2ccccc2)c2ccc(-c3ccc(N(c4ccccc4)c4ccc(C=CC=C(c5ccccc5)c5ccccc5)cc4)cc3)cc2)cc1)C=C(c1ccccc1)c1ccccc1. The van der Waals surface area contributed by atoms with E-state index < -0.39 is 0 Å². The molecule has 0 atom stereocenters. The maximum absolute atomic E-state index is 2.31. The van der Waals surface area contributed by atoms with Gasteiger partial charge in [-0.25, -0.2) is 0 Å². The lowest BCUT2D eigenvalue weighted by molar-refractivity contribution is 1.28. The van der Waals surface area contributed by atoms with Gasteiger partial charge in [0.25, 0.3) is 0 Å². The van der Waals surface area contributed by atoms with Gasteiger partial charge in [-0.2, -0.15) is 0 Å². The zero-order chi connectivity index (χ0) is 47.2. The van der Waals surface area contributed by atoms with E-state index in [0.29, 0.717) is 0 Å². The second-order valence-electron chi connectivity index (χ2n) is 17.0. The second-order valence-corrected chi connectivity index (χ2v) is 17.0. The van der Waals surface area contributed by atoms with Gasteiger partial charge in [0.2, 0.25) is 0 Å². The summed E-state index contributed by atoms with van der Waals surface area (Å²) < 4.78 is 0. The number of hydrogen-bond donors (Lipinski definition) is 0. The first-order valence-electron chi connectivity index (χ1n) is 23.8. The number of anilines is 6. The third-order valence-electron chi connectivity index (χ3n) is 12.4. The van der Waals surface area contributed by atoms with E-state index >= 15 is 0 Å². The van der Waals surface area contributed by atoms with Crippen molar-refractivity contribution in [3.63, 3.8) is 0 Å². The third-order valence-corrected chi connectivity index (χ3v) is 12.4. The molecule has 0 heterocycles. The van der Waals surface area contributed by atoms with Crippen molar-refractivity contribution in [2.45, 2.75) is 0 Å². The minimum absolute atomic E-state index is 1.09. The average Bonchev–Trinajstić information content (AvgIpc) is 3.44. The molecule has 0 unspecified atom stereocenters. The largest absolute Gasteiger partial charge is 0.311 e. The van der Waals surface area contributed by atoms with Gasteiger partial charge in [0, 0.05) is 34.1 Å². The predicted octanol–water partition coefficient (Wildman–Crippen LogP) is 18.6. The quantitative estimate of drug-likeness (QED) is 0.0946. The van der Waals surface area contributed by atoms with Crippen LogP contribution in [0, 0.1) is 0 Å². The highest BCUT2D eigenvalue weighted by molar-refractivity contribution is 5.84. The highest BCUT2D eigenvalue weighted by Gasteiger charge is 2.15. The van der Waals surface area contributed by atoms with Crippen LogP contribution in [0.4, 0.5) is 34.1 Å². The summed E-state index contributed by atoms with van der Waals surface area (Å²) in [7, 11) is 0. The first-order chi connectivity index (χ1) is 34.7. The van der Waals surface area contributed by atoms with Crippen LogP contribution in [0.1, 0.15) is 33.4 Å². The Morgan fingerprint density at radius 3 is 0.729 bits per heavy atom. The Morgan fingerprint density at radius 1 is 0.229 bits per heavy atom. The van der Waals surface area contributed by atoms with Crippen molar-refractivity contribution >= 4 is 57.4 Å². The van der Waals surface area contributed by atoms with Gasteiger partial charge in [-0.1, -0.05) is 243 Å². The van der Waals surface area contributed by atoms with Gasteiger partial charge < -0.3 is 9.80 Å². The smallest absolute Gasteiger partial charge is 0.0462 e. The molecule has 10 rings (SSSR count). The molecule has 10 aromatic rings. The minimum atomic E-state index is 1.09. The number of benzene rings is 10. The molecule has 0 spiro atoms. The summed E-state index contributed by atoms with van der Waals surface area (Å²) in [6.07, 6.45) is 13.0. The number of allylic oxidation sites excluding steroid dienone is 4. The van der Waals surface area contributed by atoms with Crippen LogP contribution in [0.5, 0.6) is 0 Å². The molecule has 10 aromatic carbocycles. The van der Waals surface area contributed by atoms with E-state index in [1.807, 2.05) is 0 Å². The van der Waals surface area contributed by atoms with E-state index in [4.69, 9.17) is 0 Å². The molecule has 0 radical (unpaired) electrons. The van der Waals surface area contributed by atoms with Gasteiger partial charge in [0.1, 0.15) is 0 Å². The van der Waals surface area contributed by atoms with E-state index in [2.05, 4.69) is 325 Å². The Labute approximate surface area is 413 Å². The Hall–Kier alpha value is -9.24. The van der Waals surface area contributed by atoms with E-state index in [-0.39, 0.29) is 0 Å². The minimum Gasteiger partial charge on any atom is -0.311 e. The first-order valence-corrected chi connectivity index (χ1v) is 23.8. The van der Waals surface area contributed by atoms with Crippen molar-refractivity contribution < 1.29 is 0 Å². The summed E-state index contributed by atoms with van der Waals surface area (Å²) in [5.41, 5.74) is 18.3. The van der Waals surface area contributed by atoms with Crippen molar-refractivity contribution in [2.75, 3.05) is 9.80 Å². The fraction of sp³-hybridized carbons (Fsp3) is 0. The van der Waals surface area contributed by atoms with E-state index in [0.717, 1.165) is 56.4 Å². The van der Waals surface area contributed by atoms with Crippen molar-refractivity contribution in [1.29, 1.82) is 0 Å². The van der Waals surface area contributed by atoms with Crippen LogP contribution in [0.25, 0.3) is 34.4 Å². The highest BCUT2D eigenvalue weighted by Crippen LogP contribution is 2.38. The average molecular weight is 897 g/mol. The molecule has 0 fully saturated rings. The normalized spacial score (nSPS) is 11.0. The van der Waals surface area contributed by atoms with E-state index in [1.54, 1.807) is 0 Å². The zero-order valence-corrected chi connectivity index (χ0v) is 38.9. The first kappa shape index (κ1) is 44.6. The maximum Gasteiger partial charge on any atom is 0.0462 e. The summed E-state index contributed by atoms with van der Waals surface area (Å²) in [5.74, 6) is 0. The van der Waals surface area contributed by atoms with Gasteiger partial charge in [-0.15, -0.1) is 0 Å². The van der Waals surface area contributed by atoms with E-state index in [9.17, 15) is 0 Å². The van der Waals surface area contributed by atoms with Crippen LogP contribution < -0.4 is 9.80 Å². The number of hydrogen-bond acceptors (Lipinski definition) is 2. The standard InChI is InChI=1S/C68H52N2/c1-7-23-57(24-8-1)67(58-25-9-2-10-26-58)35-19-21-53-37-45-63(46-38-53)69(61-31-15-5-16-32-61)65-49-41-55(42-50-65)56-43-51-66(52-44-56)70(62-33-17-6-18-34-62)64-47-39-54(40-48-64)22-20-36-68(59-27-11-3-12-28-59)60-29-13-4-14-30-60/h1-52H.